The highest BCUT2D eigenvalue weighted by Crippen LogP contribution is 2.20. The Bertz CT molecular complexity index is 633. The molecule has 0 spiro atoms. The van der Waals surface area contributed by atoms with Gasteiger partial charge in [-0.15, -0.1) is 0 Å². The smallest absolute Gasteiger partial charge is 0.244 e. The predicted molar refractivity (Wildman–Crippen MR) is 81.1 cm³/mol. The van der Waals surface area contributed by atoms with E-state index in [9.17, 15) is 4.79 Å². The third kappa shape index (κ3) is 3.18. The predicted octanol–water partition coefficient (Wildman–Crippen LogP) is 1.17. The largest absolute Gasteiger partial charge is 0.336 e. The zero-order chi connectivity index (χ0) is 15.5. The molecule has 0 N–H and O–H groups in total. The zero-order valence-electron chi connectivity index (χ0n) is 13.1. The number of carbonyl (C=O) groups is 1. The maximum Gasteiger partial charge on any atom is 0.244 e. The Morgan fingerprint density at radius 2 is 2.23 bits per heavy atom. The summed E-state index contributed by atoms with van der Waals surface area (Å²) >= 11 is 0. The molecule has 1 aliphatic rings. The molecule has 1 amide bonds. The van der Waals surface area contributed by atoms with Gasteiger partial charge in [-0.1, -0.05) is 0 Å². The first-order valence-corrected chi connectivity index (χ1v) is 7.76. The first-order chi connectivity index (χ1) is 10.6. The van der Waals surface area contributed by atoms with E-state index < -0.39 is 0 Å². The van der Waals surface area contributed by atoms with Crippen LogP contribution in [0.25, 0.3) is 0 Å². The van der Waals surface area contributed by atoms with Crippen LogP contribution in [0.4, 0.5) is 0 Å². The molecule has 7 heteroatoms. The maximum atomic E-state index is 12.6. The highest BCUT2D eigenvalue weighted by molar-refractivity contribution is 5.76. The molecule has 2 aromatic rings. The van der Waals surface area contributed by atoms with Gasteiger partial charge in [-0.25, -0.2) is 9.67 Å². The van der Waals surface area contributed by atoms with Crippen molar-refractivity contribution < 1.29 is 4.79 Å². The lowest BCUT2D eigenvalue weighted by Gasteiger charge is -2.36. The maximum absolute atomic E-state index is 12.6. The fraction of sp³-hybridized carbons (Fsp3) is 0.600. The highest BCUT2D eigenvalue weighted by Gasteiger charge is 2.27. The molecule has 2 aromatic heterocycles. The molecule has 118 valence electrons. The Labute approximate surface area is 129 Å². The standard InChI is InChI=1S/C15H22N6O/c1-12-7-13(2)21(18-12)8-14-5-3-4-6-20(14)15(22)9-19-11-16-10-17-19/h7,10-11,14H,3-6,8-9H2,1-2H3. The van der Waals surface area contributed by atoms with Gasteiger partial charge in [0.1, 0.15) is 19.2 Å². The average Bonchev–Trinajstić information content (AvgIpc) is 3.10. The summed E-state index contributed by atoms with van der Waals surface area (Å²) in [5.74, 6) is 0.108. The van der Waals surface area contributed by atoms with Crippen LogP contribution in [0.5, 0.6) is 0 Å². The number of aryl methyl sites for hydroxylation is 2. The van der Waals surface area contributed by atoms with E-state index >= 15 is 0 Å². The minimum absolute atomic E-state index is 0.108. The summed E-state index contributed by atoms with van der Waals surface area (Å²) in [4.78, 5) is 18.4. The molecule has 1 atom stereocenters. The summed E-state index contributed by atoms with van der Waals surface area (Å²) < 4.78 is 3.60. The summed E-state index contributed by atoms with van der Waals surface area (Å²) in [6.45, 7) is 5.90. The number of piperidine rings is 1. The molecule has 3 rings (SSSR count). The van der Waals surface area contributed by atoms with Gasteiger partial charge < -0.3 is 4.90 Å². The molecule has 0 saturated carbocycles. The van der Waals surface area contributed by atoms with Gasteiger partial charge in [-0.2, -0.15) is 10.2 Å². The molecule has 0 aliphatic carbocycles. The first kappa shape index (κ1) is 14.7. The van der Waals surface area contributed by atoms with Gasteiger partial charge in [-0.05, 0) is 39.2 Å². The molecule has 1 aliphatic heterocycles. The van der Waals surface area contributed by atoms with E-state index in [1.165, 1.54) is 6.33 Å². The van der Waals surface area contributed by atoms with Crippen molar-refractivity contribution in [3.8, 4) is 0 Å². The number of rotatable bonds is 4. The highest BCUT2D eigenvalue weighted by atomic mass is 16.2. The quantitative estimate of drug-likeness (QED) is 0.850. The van der Waals surface area contributed by atoms with Crippen LogP contribution in [0.1, 0.15) is 30.7 Å². The van der Waals surface area contributed by atoms with Gasteiger partial charge in [-0.3, -0.25) is 9.48 Å². The second kappa shape index (κ2) is 6.29. The van der Waals surface area contributed by atoms with Gasteiger partial charge in [0.25, 0.3) is 0 Å². The van der Waals surface area contributed by atoms with Crippen molar-refractivity contribution in [2.75, 3.05) is 6.54 Å². The van der Waals surface area contributed by atoms with Crippen LogP contribution in [0, 0.1) is 13.8 Å². The van der Waals surface area contributed by atoms with E-state index in [-0.39, 0.29) is 18.5 Å². The molecule has 22 heavy (non-hydrogen) atoms. The van der Waals surface area contributed by atoms with Crippen molar-refractivity contribution in [2.24, 2.45) is 0 Å². The van der Waals surface area contributed by atoms with Crippen molar-refractivity contribution in [2.45, 2.75) is 52.2 Å². The number of likely N-dealkylation sites (tertiary alicyclic amines) is 1. The number of hydrogen-bond acceptors (Lipinski definition) is 4. The van der Waals surface area contributed by atoms with Gasteiger partial charge in [0.05, 0.1) is 18.3 Å². The number of aromatic nitrogens is 5. The summed E-state index contributed by atoms with van der Waals surface area (Å²) in [5, 5.41) is 8.54. The number of amides is 1. The average molecular weight is 302 g/mol. The van der Waals surface area contributed by atoms with E-state index in [0.29, 0.717) is 0 Å². The van der Waals surface area contributed by atoms with Crippen LogP contribution in [-0.2, 0) is 17.9 Å². The van der Waals surface area contributed by atoms with Crippen LogP contribution in [-0.4, -0.2) is 47.9 Å². The summed E-state index contributed by atoms with van der Waals surface area (Å²) in [5.41, 5.74) is 2.17. The minimum atomic E-state index is 0.108. The molecule has 1 fully saturated rings. The Morgan fingerprint density at radius 1 is 1.36 bits per heavy atom. The molecule has 0 aromatic carbocycles. The van der Waals surface area contributed by atoms with Crippen molar-refractivity contribution >= 4 is 5.91 Å². The fourth-order valence-corrected chi connectivity index (χ4v) is 3.12. The van der Waals surface area contributed by atoms with Crippen molar-refractivity contribution in [3.05, 3.63) is 30.1 Å². The third-order valence-electron chi connectivity index (χ3n) is 4.20. The van der Waals surface area contributed by atoms with Gasteiger partial charge >= 0.3 is 0 Å². The second-order valence-corrected chi connectivity index (χ2v) is 5.94. The monoisotopic (exact) mass is 302 g/mol. The van der Waals surface area contributed by atoms with E-state index in [1.807, 2.05) is 16.5 Å². The Kier molecular flexibility index (Phi) is 4.22. The summed E-state index contributed by atoms with van der Waals surface area (Å²) in [6.07, 6.45) is 6.30. The molecular weight excluding hydrogens is 280 g/mol. The van der Waals surface area contributed by atoms with Crippen LogP contribution >= 0.6 is 0 Å². The van der Waals surface area contributed by atoms with Gasteiger partial charge in [0, 0.05) is 12.2 Å². The third-order valence-corrected chi connectivity index (χ3v) is 4.20. The molecule has 0 radical (unpaired) electrons. The van der Waals surface area contributed by atoms with Crippen molar-refractivity contribution in [1.82, 2.24) is 29.4 Å². The molecule has 0 bridgehead atoms. The Morgan fingerprint density at radius 3 is 2.91 bits per heavy atom. The SMILES string of the molecule is Cc1cc(C)n(CC2CCCCN2C(=O)Cn2cncn2)n1. The summed E-state index contributed by atoms with van der Waals surface area (Å²) in [7, 11) is 0. The normalized spacial score (nSPS) is 18.6. The lowest BCUT2D eigenvalue weighted by molar-refractivity contribution is -0.136. The van der Waals surface area contributed by atoms with Crippen molar-refractivity contribution in [1.29, 1.82) is 0 Å². The Hall–Kier alpha value is -2.18. The van der Waals surface area contributed by atoms with E-state index in [4.69, 9.17) is 0 Å². The summed E-state index contributed by atoms with van der Waals surface area (Å²) in [6, 6.07) is 2.28. The Balaban J connectivity index is 1.70. The minimum Gasteiger partial charge on any atom is -0.336 e. The number of hydrogen-bond donors (Lipinski definition) is 0. The van der Waals surface area contributed by atoms with Gasteiger partial charge in [0.15, 0.2) is 0 Å². The van der Waals surface area contributed by atoms with Crippen LogP contribution in [0.3, 0.4) is 0 Å². The molecular formula is C15H22N6O. The van der Waals surface area contributed by atoms with Crippen LogP contribution in [0.15, 0.2) is 18.7 Å². The number of carbonyl (C=O) groups excluding carboxylic acids is 1. The van der Waals surface area contributed by atoms with E-state index in [1.54, 1.807) is 11.0 Å². The topological polar surface area (TPSA) is 68.8 Å². The molecule has 1 saturated heterocycles. The lowest BCUT2D eigenvalue weighted by atomic mass is 10.0. The fourth-order valence-electron chi connectivity index (χ4n) is 3.12. The first-order valence-electron chi connectivity index (χ1n) is 7.76. The number of nitrogens with zero attached hydrogens (tertiary/aromatic N) is 6. The lowest BCUT2D eigenvalue weighted by Crippen LogP contribution is -2.47. The van der Waals surface area contributed by atoms with Gasteiger partial charge in [0.2, 0.25) is 5.91 Å². The molecule has 7 nitrogen and oxygen atoms in total. The van der Waals surface area contributed by atoms with E-state index in [0.717, 1.165) is 43.7 Å². The second-order valence-electron chi connectivity index (χ2n) is 5.94. The van der Waals surface area contributed by atoms with Crippen LogP contribution in [0.2, 0.25) is 0 Å². The molecule has 3 heterocycles. The van der Waals surface area contributed by atoms with Crippen LogP contribution < -0.4 is 0 Å². The van der Waals surface area contributed by atoms with Crippen molar-refractivity contribution in [3.63, 3.8) is 0 Å². The van der Waals surface area contributed by atoms with E-state index in [2.05, 4.69) is 28.2 Å². The zero-order valence-corrected chi connectivity index (χ0v) is 13.1. The molecule has 1 unspecified atom stereocenters.